The fraction of sp³-hybridized carbons (Fsp3) is 0.306. The average Bonchev–Trinajstić information content (AvgIpc) is 0.712. The molecule has 14 aromatic rings. The van der Waals surface area contributed by atoms with Crippen molar-refractivity contribution in [3.05, 3.63) is 305 Å². The predicted octanol–water partition coefficient (Wildman–Crippen LogP) is 14.2. The molecule has 2 saturated heterocycles. The molecular weight excluding hydrogens is 1780 g/mol. The minimum Gasteiger partial charge on any atom is -0.490 e. The van der Waals surface area contributed by atoms with Gasteiger partial charge in [-0.2, -0.15) is 15.8 Å². The number of nitrogens with zero attached hydrogens (tertiary/aromatic N) is 29. The lowest BCUT2D eigenvalue weighted by molar-refractivity contribution is 0.0441. The number of aromatic nitrogens is 12. The lowest BCUT2D eigenvalue weighted by Crippen LogP contribution is -2.59. The third-order valence-corrected chi connectivity index (χ3v) is 29.3. The van der Waals surface area contributed by atoms with Gasteiger partial charge in [0.2, 0.25) is 11.4 Å². The minimum absolute atomic E-state index is 0.00268. The van der Waals surface area contributed by atoms with Gasteiger partial charge in [0, 0.05) is 247 Å². The van der Waals surface area contributed by atoms with Crippen LogP contribution in [0.2, 0.25) is 0 Å². The van der Waals surface area contributed by atoms with Crippen LogP contribution in [0.25, 0.3) is 9.69 Å². The van der Waals surface area contributed by atoms with Crippen LogP contribution < -0.4 is 96.8 Å². The lowest BCUT2D eigenvalue weighted by atomic mass is 9.38. The molecule has 8 aliphatic rings. The van der Waals surface area contributed by atoms with Crippen molar-refractivity contribution in [3.63, 3.8) is 0 Å². The Morgan fingerprint density at radius 3 is 1.17 bits per heavy atom. The Morgan fingerprint density at radius 1 is 0.406 bits per heavy atom. The van der Waals surface area contributed by atoms with Crippen molar-refractivity contribution in [2.24, 2.45) is 11.8 Å². The predicted molar refractivity (Wildman–Crippen MR) is 576 cm³/mol. The Kier molecular flexibility index (Phi) is 27.1. The van der Waals surface area contributed by atoms with Crippen LogP contribution in [0.5, 0.6) is 5.75 Å². The summed E-state index contributed by atoms with van der Waals surface area (Å²) >= 11 is 0. The molecule has 1 saturated carbocycles. The van der Waals surface area contributed by atoms with E-state index in [0.29, 0.717) is 11.5 Å². The largest absolute Gasteiger partial charge is 0.490 e. The van der Waals surface area contributed by atoms with Crippen LogP contribution in [-0.2, 0) is 5.41 Å². The highest BCUT2D eigenvalue weighted by atomic mass is 16.5. The van der Waals surface area contributed by atoms with Crippen LogP contribution in [0.3, 0.4) is 0 Å². The number of ether oxygens (including phenoxy) is 1. The zero-order valence-corrected chi connectivity index (χ0v) is 84.5. The van der Waals surface area contributed by atoms with Crippen LogP contribution in [0.4, 0.5) is 102 Å². The Bertz CT molecular complexity index is 6920. The third kappa shape index (κ3) is 18.0. The number of anilines is 16. The maximum Gasteiger partial charge on any atom is 0.294 e. The van der Waals surface area contributed by atoms with Gasteiger partial charge in [-0.3, -0.25) is 0 Å². The second kappa shape index (κ2) is 40.2. The van der Waals surface area contributed by atoms with E-state index in [1.807, 2.05) is 37.3 Å². The normalized spacial score (nSPS) is 16.3. The molecule has 716 valence electrons. The molecule has 11 heterocycles. The fourth-order valence-corrected chi connectivity index (χ4v) is 21.2. The Morgan fingerprint density at radius 2 is 0.769 bits per heavy atom. The van der Waals surface area contributed by atoms with E-state index in [9.17, 15) is 15.8 Å². The summed E-state index contributed by atoms with van der Waals surface area (Å²) in [5, 5.41) is 29.5. The molecule has 0 N–H and O–H groups in total. The van der Waals surface area contributed by atoms with Gasteiger partial charge in [-0.1, -0.05) is 74.0 Å². The van der Waals surface area contributed by atoms with Gasteiger partial charge < -0.3 is 63.5 Å². The zero-order chi connectivity index (χ0) is 101. The summed E-state index contributed by atoms with van der Waals surface area (Å²) in [6.07, 6.45) is 17.8. The summed E-state index contributed by atoms with van der Waals surface area (Å²) in [6.45, 7) is 26.5. The summed E-state index contributed by atoms with van der Waals surface area (Å²) in [6, 6.07) is 65.0. The van der Waals surface area contributed by atoms with Crippen molar-refractivity contribution in [2.45, 2.75) is 76.2 Å². The van der Waals surface area contributed by atoms with E-state index >= 15 is 0 Å². The smallest absolute Gasteiger partial charge is 0.294 e. The molecule has 4 atom stereocenters. The van der Waals surface area contributed by atoms with E-state index in [2.05, 4.69) is 407 Å². The Labute approximate surface area is 838 Å². The summed E-state index contributed by atoms with van der Waals surface area (Å²) < 4.78 is 6.41. The summed E-state index contributed by atoms with van der Waals surface area (Å²) in [5.41, 5.74) is 31.8. The highest BCUT2D eigenvalue weighted by Gasteiger charge is 2.48. The number of nitriles is 3. The third-order valence-electron chi connectivity index (χ3n) is 29.3. The first-order valence-corrected chi connectivity index (χ1v) is 48.1. The van der Waals surface area contributed by atoms with Crippen molar-refractivity contribution in [3.8, 4) is 24.0 Å². The van der Waals surface area contributed by atoms with E-state index in [1.165, 1.54) is 125 Å². The van der Waals surface area contributed by atoms with Gasteiger partial charge in [0.05, 0.1) is 53.3 Å². The SMILES string of the molecule is CN(C)c1ccc2c(c1)N(C)c1cc(N(C)C)ccc1B2c1ncncn1.CN(C)c1ccc2c(c1)N(C)c1cc(N(C)C)ccc1C2(C)c1ncncn1.CN(C)c1ccc2c(c1)N(C)c1cc(N(C)C)ccc1C2c1ncncn1.CN1c2cc(N3CCC3)ccc2B(c2ncncn2)c2ccc(N3CCC3)cc21.[C-]#[N+]c1c(C#N)c(C#N)c(C#N)c(C2c3ccc(C)cc3OC3CC(C)CCC32)c1[N+]#[C-]. The van der Waals surface area contributed by atoms with Gasteiger partial charge in [-0.15, -0.1) is 0 Å². The lowest BCUT2D eigenvalue weighted by Gasteiger charge is -2.45. The number of hydrogen-bond acceptors (Lipinski definition) is 28. The van der Waals surface area contributed by atoms with Crippen LogP contribution in [0, 0.1) is 65.9 Å². The molecular formula is C111H115B2N29O. The van der Waals surface area contributed by atoms with Crippen LogP contribution >= 0.6 is 0 Å². The molecule has 30 nitrogen and oxygen atoms in total. The van der Waals surface area contributed by atoms with Gasteiger partial charge >= 0.3 is 0 Å². The highest BCUT2D eigenvalue weighted by molar-refractivity contribution is 6.97. The number of aryl methyl sites for hydroxylation is 1. The standard InChI is InChI=1S/C26H19N5O.C22H23BN6.C22H26N6.C21H24N6.C20H23BN6/c1-14-5-7-16-21(9-14)32-22-10-15(2)6-8-17(22)23(16)24-19(12-28)18(11-27)20(13-29)25(30-3)26(24)31-4;1-27-20-12-16(28-8-2-9-28)4-6-18(20)23(22-25-14-24-15-26-22)19-7-5-17(13-21(19)27)29-10-3-11-29;1-22(21-24-13-23-14-25-21)17-9-7-15(26(2)3)11-19(17)28(6)20-12-16(27(4)5)8-10-18(20)22;1-25(2)14-6-8-16-18(10-14)27(5)19-11-15(26(3)4)7-9-17(19)20(16)21-23-12-22-13-24-21;1-25(2)14-6-8-16-18(10-14)27(5)19-11-15(26(3)4)7-9-17(19)21(16)20-23-12-22-13-24-20/h5,7,9,15,17,22-23H,6,8,10H2,1-2H3;4-7,12-15H,2-3,8-11H2,1H3;7-14H,1-6H3;6-13,20H,1-5H3;6-13H,1-5H3. The van der Waals surface area contributed by atoms with Crippen molar-refractivity contribution in [2.75, 3.05) is 198 Å². The first kappa shape index (κ1) is 96.5. The molecule has 0 spiro atoms. The molecule has 7 aliphatic heterocycles. The van der Waals surface area contributed by atoms with Crippen LogP contribution in [0.15, 0.2) is 214 Å². The van der Waals surface area contributed by atoms with Gasteiger partial charge in [-0.25, -0.2) is 69.5 Å². The van der Waals surface area contributed by atoms with Gasteiger partial charge in [-0.05, 0) is 204 Å². The first-order chi connectivity index (χ1) is 69.0. The number of fused-ring (bicyclic) bond motifs is 10. The first-order valence-electron chi connectivity index (χ1n) is 48.1. The fourth-order valence-electron chi connectivity index (χ4n) is 21.2. The molecule has 143 heavy (non-hydrogen) atoms. The molecule has 0 radical (unpaired) electrons. The molecule has 4 unspecified atom stereocenters. The quantitative estimate of drug-likeness (QED) is 0.0765. The van der Waals surface area contributed by atoms with E-state index in [-0.39, 0.29) is 65.3 Å². The minimum atomic E-state index is -0.462. The van der Waals surface area contributed by atoms with Crippen LogP contribution in [0.1, 0.15) is 125 Å². The summed E-state index contributed by atoms with van der Waals surface area (Å²) in [7, 11) is 33.3. The van der Waals surface area contributed by atoms with Gasteiger partial charge in [0.15, 0.2) is 0 Å². The average molecular weight is 1890 g/mol. The number of benzene rings is 10. The van der Waals surface area contributed by atoms with E-state index in [1.54, 1.807) is 50.6 Å². The second-order valence-corrected chi connectivity index (χ2v) is 39.1. The van der Waals surface area contributed by atoms with E-state index in [0.717, 1.165) is 108 Å². The Balaban J connectivity index is 0.000000118. The topological polar surface area (TPSA) is 283 Å². The van der Waals surface area contributed by atoms with Crippen molar-refractivity contribution in [1.82, 2.24) is 59.8 Å². The van der Waals surface area contributed by atoms with Crippen LogP contribution in [-0.4, -0.2) is 218 Å². The van der Waals surface area contributed by atoms with Crippen molar-refractivity contribution >= 4 is 149 Å². The van der Waals surface area contributed by atoms with E-state index in [4.69, 9.17) is 17.9 Å². The molecule has 10 aromatic carbocycles. The van der Waals surface area contributed by atoms with Crippen molar-refractivity contribution < 1.29 is 4.74 Å². The molecule has 4 aromatic heterocycles. The molecule has 22 rings (SSSR count). The van der Waals surface area contributed by atoms with E-state index < -0.39 is 5.41 Å². The number of rotatable bonds is 13. The summed E-state index contributed by atoms with van der Waals surface area (Å²) in [4.78, 5) is 86.0. The Hall–Kier alpha value is -16.8. The molecule has 3 fully saturated rings. The van der Waals surface area contributed by atoms with Gasteiger partial charge in [0.25, 0.3) is 13.4 Å². The second-order valence-electron chi connectivity index (χ2n) is 39.1. The van der Waals surface area contributed by atoms with Gasteiger partial charge in [0.1, 0.15) is 91.6 Å². The molecule has 0 amide bonds. The highest BCUT2D eigenvalue weighted by Crippen LogP contribution is 2.57. The summed E-state index contributed by atoms with van der Waals surface area (Å²) in [5.74, 6) is 2.37. The maximum atomic E-state index is 10.1. The zero-order valence-electron chi connectivity index (χ0n) is 84.5. The molecule has 32 heteroatoms. The molecule has 1 aliphatic carbocycles. The molecule has 0 bridgehead atoms. The monoisotopic (exact) mass is 1890 g/mol. The number of hydrogen-bond donors (Lipinski definition) is 0. The maximum absolute atomic E-state index is 10.1. The van der Waals surface area contributed by atoms with Crippen molar-refractivity contribution in [1.29, 1.82) is 15.8 Å².